The molecule has 0 saturated heterocycles. The summed E-state index contributed by atoms with van der Waals surface area (Å²) in [4.78, 5) is 26.1. The van der Waals surface area contributed by atoms with Crippen LogP contribution in [0, 0.1) is 5.92 Å². The summed E-state index contributed by atoms with van der Waals surface area (Å²) in [6.45, 7) is 3.90. The van der Waals surface area contributed by atoms with Crippen molar-refractivity contribution >= 4 is 11.8 Å². The minimum absolute atomic E-state index is 0.0261. The van der Waals surface area contributed by atoms with Crippen LogP contribution in [-0.4, -0.2) is 29.9 Å². The molecule has 1 heterocycles. The molecule has 2 N–H and O–H groups in total. The van der Waals surface area contributed by atoms with E-state index in [9.17, 15) is 22.8 Å². The fourth-order valence-corrected chi connectivity index (χ4v) is 1.36. The standard InChI is InChI=1S/C13H16F3N3O2/c1-8(2)11(20)17-5-6-18-12(21)9-3-4-10(19-7-9)13(14,15)16/h3-4,7-8H,5-6H2,1-2H3,(H,17,20)(H,18,21). The first-order valence-electron chi connectivity index (χ1n) is 6.31. The monoisotopic (exact) mass is 303 g/mol. The van der Waals surface area contributed by atoms with E-state index in [1.165, 1.54) is 0 Å². The van der Waals surface area contributed by atoms with Crippen LogP contribution < -0.4 is 10.6 Å². The highest BCUT2D eigenvalue weighted by Gasteiger charge is 2.32. The molecule has 5 nitrogen and oxygen atoms in total. The van der Waals surface area contributed by atoms with E-state index in [0.717, 1.165) is 18.3 Å². The number of hydrogen-bond acceptors (Lipinski definition) is 3. The quantitative estimate of drug-likeness (QED) is 0.812. The van der Waals surface area contributed by atoms with Crippen molar-refractivity contribution in [2.45, 2.75) is 20.0 Å². The van der Waals surface area contributed by atoms with Crippen LogP contribution in [0.4, 0.5) is 13.2 Å². The van der Waals surface area contributed by atoms with Gasteiger partial charge in [-0.15, -0.1) is 0 Å². The summed E-state index contributed by atoms with van der Waals surface area (Å²) in [6, 6.07) is 1.80. The second kappa shape index (κ2) is 7.05. The van der Waals surface area contributed by atoms with E-state index in [1.54, 1.807) is 13.8 Å². The van der Waals surface area contributed by atoms with Crippen LogP contribution in [0.1, 0.15) is 29.9 Å². The molecule has 1 aromatic heterocycles. The zero-order valence-corrected chi connectivity index (χ0v) is 11.6. The number of aromatic nitrogens is 1. The molecule has 1 aromatic rings. The second-order valence-corrected chi connectivity index (χ2v) is 4.63. The molecule has 0 aliphatic heterocycles. The van der Waals surface area contributed by atoms with Gasteiger partial charge >= 0.3 is 6.18 Å². The zero-order chi connectivity index (χ0) is 16.0. The van der Waals surface area contributed by atoms with Crippen LogP contribution in [0.5, 0.6) is 0 Å². The normalized spacial score (nSPS) is 11.3. The first-order valence-corrected chi connectivity index (χ1v) is 6.31. The predicted octanol–water partition coefficient (Wildman–Crippen LogP) is 1.60. The Balaban J connectivity index is 2.44. The Morgan fingerprint density at radius 2 is 1.81 bits per heavy atom. The fraction of sp³-hybridized carbons (Fsp3) is 0.462. The van der Waals surface area contributed by atoms with Gasteiger partial charge in [0.2, 0.25) is 5.91 Å². The number of hydrogen-bond donors (Lipinski definition) is 2. The summed E-state index contributed by atoms with van der Waals surface area (Å²) in [6.07, 6.45) is -3.67. The van der Waals surface area contributed by atoms with Gasteiger partial charge in [0.15, 0.2) is 0 Å². The molecule has 116 valence electrons. The number of nitrogens with one attached hydrogen (secondary N) is 2. The third-order valence-electron chi connectivity index (χ3n) is 2.55. The van der Waals surface area contributed by atoms with E-state index in [4.69, 9.17) is 0 Å². The average molecular weight is 303 g/mol. The van der Waals surface area contributed by atoms with E-state index >= 15 is 0 Å². The summed E-state index contributed by atoms with van der Waals surface area (Å²) in [5.41, 5.74) is -1.03. The molecule has 0 aliphatic rings. The van der Waals surface area contributed by atoms with Crippen molar-refractivity contribution in [3.05, 3.63) is 29.6 Å². The molecule has 0 aliphatic carbocycles. The van der Waals surface area contributed by atoms with Crippen molar-refractivity contribution in [3.63, 3.8) is 0 Å². The molecule has 0 bridgehead atoms. The second-order valence-electron chi connectivity index (χ2n) is 4.63. The van der Waals surface area contributed by atoms with Gasteiger partial charge in [0, 0.05) is 25.2 Å². The molecule has 0 aromatic carbocycles. The van der Waals surface area contributed by atoms with E-state index in [-0.39, 0.29) is 30.5 Å². The molecule has 0 spiro atoms. The topological polar surface area (TPSA) is 71.1 Å². The SMILES string of the molecule is CC(C)C(=O)NCCNC(=O)c1ccc(C(F)(F)F)nc1. The van der Waals surface area contributed by atoms with E-state index < -0.39 is 17.8 Å². The molecule has 0 fully saturated rings. The molecular formula is C13H16F3N3O2. The Labute approximate surface area is 119 Å². The Morgan fingerprint density at radius 3 is 2.29 bits per heavy atom. The van der Waals surface area contributed by atoms with Crippen LogP contribution >= 0.6 is 0 Å². The van der Waals surface area contributed by atoms with E-state index in [0.29, 0.717) is 0 Å². The van der Waals surface area contributed by atoms with Gasteiger partial charge in [-0.05, 0) is 12.1 Å². The van der Waals surface area contributed by atoms with Crippen LogP contribution in [0.15, 0.2) is 18.3 Å². The van der Waals surface area contributed by atoms with Gasteiger partial charge in [-0.2, -0.15) is 13.2 Å². The lowest BCUT2D eigenvalue weighted by Gasteiger charge is -2.09. The number of alkyl halides is 3. The van der Waals surface area contributed by atoms with Crippen LogP contribution in [0.3, 0.4) is 0 Å². The number of nitrogens with zero attached hydrogens (tertiary/aromatic N) is 1. The number of rotatable bonds is 5. The molecule has 1 rings (SSSR count). The summed E-state index contributed by atoms with van der Waals surface area (Å²) < 4.78 is 36.9. The number of carbonyl (C=O) groups is 2. The largest absolute Gasteiger partial charge is 0.433 e. The van der Waals surface area contributed by atoms with Gasteiger partial charge in [0.1, 0.15) is 5.69 Å². The fourth-order valence-electron chi connectivity index (χ4n) is 1.36. The summed E-state index contributed by atoms with van der Waals surface area (Å²) >= 11 is 0. The molecular weight excluding hydrogens is 287 g/mol. The molecule has 0 radical (unpaired) electrons. The lowest BCUT2D eigenvalue weighted by Crippen LogP contribution is -2.36. The van der Waals surface area contributed by atoms with Gasteiger partial charge in [-0.25, -0.2) is 0 Å². The Bertz CT molecular complexity index is 498. The lowest BCUT2D eigenvalue weighted by atomic mass is 10.2. The van der Waals surface area contributed by atoms with Crippen molar-refractivity contribution in [1.82, 2.24) is 15.6 Å². The zero-order valence-electron chi connectivity index (χ0n) is 11.6. The summed E-state index contributed by atoms with van der Waals surface area (Å²) in [5, 5.41) is 5.08. The van der Waals surface area contributed by atoms with Gasteiger partial charge in [0.05, 0.1) is 5.56 Å². The first-order chi connectivity index (χ1) is 9.71. The van der Waals surface area contributed by atoms with Crippen molar-refractivity contribution in [1.29, 1.82) is 0 Å². The summed E-state index contributed by atoms with van der Waals surface area (Å²) in [5.74, 6) is -0.838. The molecule has 0 atom stereocenters. The molecule has 2 amide bonds. The number of halogens is 3. The maximum absolute atomic E-state index is 12.3. The average Bonchev–Trinajstić information content (AvgIpc) is 2.42. The minimum Gasteiger partial charge on any atom is -0.354 e. The van der Waals surface area contributed by atoms with E-state index in [2.05, 4.69) is 15.6 Å². The molecule has 0 saturated carbocycles. The third kappa shape index (κ3) is 5.41. The van der Waals surface area contributed by atoms with Gasteiger partial charge < -0.3 is 10.6 Å². The van der Waals surface area contributed by atoms with Crippen molar-refractivity contribution in [2.24, 2.45) is 5.92 Å². The van der Waals surface area contributed by atoms with Crippen LogP contribution in [0.2, 0.25) is 0 Å². The van der Waals surface area contributed by atoms with Crippen molar-refractivity contribution in [2.75, 3.05) is 13.1 Å². The maximum Gasteiger partial charge on any atom is 0.433 e. The van der Waals surface area contributed by atoms with E-state index in [1.807, 2.05) is 0 Å². The van der Waals surface area contributed by atoms with Gasteiger partial charge in [-0.3, -0.25) is 14.6 Å². The number of pyridine rings is 1. The van der Waals surface area contributed by atoms with Crippen LogP contribution in [-0.2, 0) is 11.0 Å². The molecule has 8 heteroatoms. The molecule has 21 heavy (non-hydrogen) atoms. The highest BCUT2D eigenvalue weighted by Crippen LogP contribution is 2.27. The van der Waals surface area contributed by atoms with Crippen molar-refractivity contribution < 1.29 is 22.8 Å². The molecule has 0 unspecified atom stereocenters. The Morgan fingerprint density at radius 1 is 1.19 bits per heavy atom. The maximum atomic E-state index is 12.3. The van der Waals surface area contributed by atoms with Gasteiger partial charge in [0.25, 0.3) is 5.91 Å². The predicted molar refractivity (Wildman–Crippen MR) is 69.4 cm³/mol. The minimum atomic E-state index is -4.53. The first kappa shape index (κ1) is 16.9. The summed E-state index contributed by atoms with van der Waals surface area (Å²) in [7, 11) is 0. The Kier molecular flexibility index (Phi) is 5.69. The lowest BCUT2D eigenvalue weighted by molar-refractivity contribution is -0.141. The number of carbonyl (C=O) groups excluding carboxylic acids is 2. The highest BCUT2D eigenvalue weighted by atomic mass is 19.4. The third-order valence-corrected chi connectivity index (χ3v) is 2.55. The van der Waals surface area contributed by atoms with Crippen molar-refractivity contribution in [3.8, 4) is 0 Å². The van der Waals surface area contributed by atoms with Crippen LogP contribution in [0.25, 0.3) is 0 Å². The highest BCUT2D eigenvalue weighted by molar-refractivity contribution is 5.93. The number of amides is 2. The van der Waals surface area contributed by atoms with Gasteiger partial charge in [-0.1, -0.05) is 13.8 Å². The Hall–Kier alpha value is -2.12. The smallest absolute Gasteiger partial charge is 0.354 e.